The van der Waals surface area contributed by atoms with Gasteiger partial charge in [-0.1, -0.05) is 29.4 Å². The third-order valence-corrected chi connectivity index (χ3v) is 6.31. The number of rotatable bonds is 11. The summed E-state index contributed by atoms with van der Waals surface area (Å²) in [5.41, 5.74) is 1.00. The molecule has 2 aromatic carbocycles. The van der Waals surface area contributed by atoms with E-state index >= 15 is 0 Å². The number of nitrogens with zero attached hydrogens (tertiary/aromatic N) is 2. The van der Waals surface area contributed by atoms with Crippen LogP contribution in [0.3, 0.4) is 0 Å². The minimum atomic E-state index is -3.56. The molecule has 0 atom stereocenters. The Morgan fingerprint density at radius 3 is 2.50 bits per heavy atom. The second-order valence-corrected chi connectivity index (χ2v) is 8.96. The molecular formula is C22H25N3O6S. The van der Waals surface area contributed by atoms with Gasteiger partial charge in [0, 0.05) is 19.4 Å². The molecule has 1 amide bonds. The van der Waals surface area contributed by atoms with Crippen LogP contribution in [0.2, 0.25) is 0 Å². The predicted molar refractivity (Wildman–Crippen MR) is 116 cm³/mol. The molecule has 1 N–H and O–H groups in total. The zero-order valence-corrected chi connectivity index (χ0v) is 18.7. The Hall–Kier alpha value is -3.40. The van der Waals surface area contributed by atoms with Gasteiger partial charge in [0.15, 0.2) is 27.2 Å². The Balaban J connectivity index is 1.44. The van der Waals surface area contributed by atoms with Gasteiger partial charge < -0.3 is 19.3 Å². The first-order valence-corrected chi connectivity index (χ1v) is 11.6. The molecule has 0 unspecified atom stereocenters. The Morgan fingerprint density at radius 1 is 1.03 bits per heavy atom. The average molecular weight is 460 g/mol. The van der Waals surface area contributed by atoms with Gasteiger partial charge in [0.1, 0.15) is 5.75 Å². The van der Waals surface area contributed by atoms with Crippen molar-refractivity contribution >= 4 is 15.7 Å². The van der Waals surface area contributed by atoms with E-state index in [-0.39, 0.29) is 41.1 Å². The average Bonchev–Trinajstić information content (AvgIpc) is 3.24. The fourth-order valence-electron chi connectivity index (χ4n) is 3.02. The predicted octanol–water partition coefficient (Wildman–Crippen LogP) is 2.35. The zero-order valence-electron chi connectivity index (χ0n) is 17.9. The number of hydrogen-bond acceptors (Lipinski definition) is 8. The lowest BCUT2D eigenvalue weighted by atomic mass is 10.1. The molecule has 170 valence electrons. The van der Waals surface area contributed by atoms with Gasteiger partial charge in [0.05, 0.1) is 19.1 Å². The lowest BCUT2D eigenvalue weighted by Gasteiger charge is -2.10. The molecule has 3 aromatic rings. The molecular weight excluding hydrogens is 434 g/mol. The lowest BCUT2D eigenvalue weighted by Crippen LogP contribution is -2.25. The van der Waals surface area contributed by atoms with Crippen molar-refractivity contribution in [2.75, 3.05) is 20.8 Å². The molecule has 1 aromatic heterocycles. The van der Waals surface area contributed by atoms with Gasteiger partial charge in [-0.2, -0.15) is 4.98 Å². The number of carbonyl (C=O) groups excluding carboxylic acids is 1. The maximum atomic E-state index is 12.4. The van der Waals surface area contributed by atoms with Crippen LogP contribution in [0.15, 0.2) is 57.9 Å². The van der Waals surface area contributed by atoms with Gasteiger partial charge in [-0.15, -0.1) is 0 Å². The first kappa shape index (κ1) is 23.3. The van der Waals surface area contributed by atoms with E-state index in [0.29, 0.717) is 24.5 Å². The number of benzene rings is 2. The van der Waals surface area contributed by atoms with Crippen LogP contribution >= 0.6 is 0 Å². The first-order chi connectivity index (χ1) is 15.4. The largest absolute Gasteiger partial charge is 0.493 e. The number of sulfone groups is 1. The zero-order chi connectivity index (χ0) is 23.0. The molecule has 0 aliphatic carbocycles. The van der Waals surface area contributed by atoms with Crippen LogP contribution in [-0.4, -0.2) is 45.2 Å². The van der Waals surface area contributed by atoms with Crippen molar-refractivity contribution in [1.29, 1.82) is 0 Å². The molecule has 32 heavy (non-hydrogen) atoms. The Kier molecular flexibility index (Phi) is 7.82. The van der Waals surface area contributed by atoms with E-state index in [1.165, 1.54) is 12.1 Å². The van der Waals surface area contributed by atoms with E-state index in [2.05, 4.69) is 15.5 Å². The highest BCUT2D eigenvalue weighted by Gasteiger charge is 2.19. The van der Waals surface area contributed by atoms with E-state index in [0.717, 1.165) is 5.56 Å². The number of aromatic nitrogens is 2. The van der Waals surface area contributed by atoms with Crippen molar-refractivity contribution in [2.24, 2.45) is 0 Å². The Morgan fingerprint density at radius 2 is 1.78 bits per heavy atom. The smallest absolute Gasteiger partial charge is 0.227 e. The fraction of sp³-hybridized carbons (Fsp3) is 0.318. The van der Waals surface area contributed by atoms with Crippen molar-refractivity contribution in [3.8, 4) is 11.5 Å². The van der Waals surface area contributed by atoms with Crippen LogP contribution in [0, 0.1) is 0 Å². The van der Waals surface area contributed by atoms with Crippen LogP contribution in [0.4, 0.5) is 0 Å². The summed E-state index contributed by atoms with van der Waals surface area (Å²) in [6.07, 6.45) is 1.01. The van der Waals surface area contributed by atoms with Gasteiger partial charge >= 0.3 is 0 Å². The third-order valence-electron chi connectivity index (χ3n) is 4.68. The summed E-state index contributed by atoms with van der Waals surface area (Å²) in [5, 5.41) is 6.56. The van der Waals surface area contributed by atoms with Crippen LogP contribution < -0.4 is 14.8 Å². The summed E-state index contributed by atoms with van der Waals surface area (Å²) in [6, 6.07) is 13.7. The molecule has 10 heteroatoms. The second kappa shape index (κ2) is 10.8. The summed E-state index contributed by atoms with van der Waals surface area (Å²) >= 11 is 0. The van der Waals surface area contributed by atoms with E-state index in [4.69, 9.17) is 14.0 Å². The van der Waals surface area contributed by atoms with Gasteiger partial charge in [-0.3, -0.25) is 4.79 Å². The summed E-state index contributed by atoms with van der Waals surface area (Å²) < 4.78 is 40.3. The molecule has 1 heterocycles. The number of hydrogen-bond donors (Lipinski definition) is 1. The molecule has 0 saturated carbocycles. The van der Waals surface area contributed by atoms with Crippen LogP contribution in [0.5, 0.6) is 11.5 Å². The van der Waals surface area contributed by atoms with E-state index < -0.39 is 9.84 Å². The van der Waals surface area contributed by atoms with Gasteiger partial charge in [-0.05, 0) is 36.2 Å². The number of carbonyl (C=O) groups is 1. The quantitative estimate of drug-likeness (QED) is 0.464. The maximum Gasteiger partial charge on any atom is 0.227 e. The van der Waals surface area contributed by atoms with E-state index in [1.807, 2.05) is 18.2 Å². The minimum Gasteiger partial charge on any atom is -0.493 e. The van der Waals surface area contributed by atoms with Crippen LogP contribution in [-0.2, 0) is 33.2 Å². The lowest BCUT2D eigenvalue weighted by molar-refractivity contribution is -0.121. The normalized spacial score (nSPS) is 11.2. The second-order valence-electron chi connectivity index (χ2n) is 6.97. The Labute approximate surface area is 186 Å². The summed E-state index contributed by atoms with van der Waals surface area (Å²) in [6.45, 7) is 0.457. The molecule has 0 aliphatic heterocycles. The van der Waals surface area contributed by atoms with Gasteiger partial charge in [0.2, 0.25) is 11.8 Å². The van der Waals surface area contributed by atoms with Crippen LogP contribution in [0.1, 0.15) is 23.7 Å². The third kappa shape index (κ3) is 6.30. The van der Waals surface area contributed by atoms with Crippen molar-refractivity contribution in [1.82, 2.24) is 15.5 Å². The summed E-state index contributed by atoms with van der Waals surface area (Å²) in [7, 11) is -0.412. The van der Waals surface area contributed by atoms with Crippen molar-refractivity contribution < 1.29 is 27.2 Å². The van der Waals surface area contributed by atoms with Gasteiger partial charge in [0.25, 0.3) is 0 Å². The van der Waals surface area contributed by atoms with Crippen molar-refractivity contribution in [3.63, 3.8) is 0 Å². The summed E-state index contributed by atoms with van der Waals surface area (Å²) in [4.78, 5) is 16.4. The van der Waals surface area contributed by atoms with Crippen LogP contribution in [0.25, 0.3) is 0 Å². The van der Waals surface area contributed by atoms with Crippen molar-refractivity contribution in [3.05, 3.63) is 65.8 Å². The fourth-order valence-corrected chi connectivity index (χ4v) is 4.22. The summed E-state index contributed by atoms with van der Waals surface area (Å²) in [5.74, 6) is 1.05. The number of aryl methyl sites for hydroxylation is 1. The maximum absolute atomic E-state index is 12.4. The first-order valence-electron chi connectivity index (χ1n) is 9.98. The number of methoxy groups -OCH3 is 2. The number of ether oxygens (including phenoxy) is 2. The van der Waals surface area contributed by atoms with E-state index in [9.17, 15) is 13.2 Å². The molecule has 0 aliphatic rings. The van der Waals surface area contributed by atoms with Gasteiger partial charge in [-0.25, -0.2) is 8.42 Å². The standard InChI is InChI=1S/C22H25N3O6S/c1-29-18-9-8-16(14-19(18)30-2)12-13-23-21(26)10-11-22-24-20(25-31-22)15-32(27,28)17-6-4-3-5-7-17/h3-9,14H,10-13,15H2,1-2H3,(H,23,26). The molecule has 0 spiro atoms. The molecule has 9 nitrogen and oxygen atoms in total. The highest BCUT2D eigenvalue weighted by Crippen LogP contribution is 2.27. The Bertz CT molecular complexity index is 1150. The monoisotopic (exact) mass is 459 g/mol. The number of nitrogens with one attached hydrogen (secondary N) is 1. The molecule has 0 bridgehead atoms. The van der Waals surface area contributed by atoms with Crippen molar-refractivity contribution in [2.45, 2.75) is 29.9 Å². The molecule has 3 rings (SSSR count). The molecule has 0 fully saturated rings. The number of amides is 1. The highest BCUT2D eigenvalue weighted by molar-refractivity contribution is 7.90. The molecule has 0 radical (unpaired) electrons. The minimum absolute atomic E-state index is 0.0673. The topological polar surface area (TPSA) is 121 Å². The molecule has 0 saturated heterocycles. The van der Waals surface area contributed by atoms with E-state index in [1.54, 1.807) is 32.4 Å². The SMILES string of the molecule is COc1ccc(CCNC(=O)CCc2nc(CS(=O)(=O)c3ccccc3)no2)cc1OC. The highest BCUT2D eigenvalue weighted by atomic mass is 32.2.